The van der Waals surface area contributed by atoms with Crippen LogP contribution >= 0.6 is 31.9 Å². The van der Waals surface area contributed by atoms with Crippen molar-refractivity contribution in [1.82, 2.24) is 0 Å². The standard InChI is InChI=1S/C14H11Br2NO2/c1-8-2-3-9(15)6-13(8)19-10-4-5-11(14(17)18)12(16)7-10/h2-7H,1H3,(H2,17,18). The minimum Gasteiger partial charge on any atom is -0.457 e. The van der Waals surface area contributed by atoms with Gasteiger partial charge in [0, 0.05) is 8.95 Å². The van der Waals surface area contributed by atoms with Gasteiger partial charge in [-0.05, 0) is 58.7 Å². The van der Waals surface area contributed by atoms with E-state index in [4.69, 9.17) is 10.5 Å². The molecule has 0 spiro atoms. The Bertz CT molecular complexity index is 641. The maximum Gasteiger partial charge on any atom is 0.249 e. The molecule has 3 nitrogen and oxygen atoms in total. The lowest BCUT2D eigenvalue weighted by Gasteiger charge is -2.10. The van der Waals surface area contributed by atoms with Gasteiger partial charge in [0.2, 0.25) is 5.91 Å². The van der Waals surface area contributed by atoms with Gasteiger partial charge < -0.3 is 10.5 Å². The fourth-order valence-electron chi connectivity index (χ4n) is 1.57. The number of halogens is 2. The Kier molecular flexibility index (Phi) is 4.27. The van der Waals surface area contributed by atoms with Crippen LogP contribution in [0.1, 0.15) is 15.9 Å². The summed E-state index contributed by atoms with van der Waals surface area (Å²) >= 11 is 6.71. The van der Waals surface area contributed by atoms with Crippen molar-refractivity contribution < 1.29 is 9.53 Å². The van der Waals surface area contributed by atoms with Crippen LogP contribution in [0.2, 0.25) is 0 Å². The first-order valence-electron chi connectivity index (χ1n) is 5.51. The number of ether oxygens (including phenoxy) is 1. The molecular weight excluding hydrogens is 374 g/mol. The number of benzene rings is 2. The highest BCUT2D eigenvalue weighted by molar-refractivity contribution is 9.10. The number of carbonyl (C=O) groups is 1. The van der Waals surface area contributed by atoms with E-state index in [0.717, 1.165) is 15.8 Å². The van der Waals surface area contributed by atoms with Gasteiger partial charge in [0.25, 0.3) is 0 Å². The maximum atomic E-state index is 11.1. The van der Waals surface area contributed by atoms with Crippen molar-refractivity contribution in [2.45, 2.75) is 6.92 Å². The van der Waals surface area contributed by atoms with Crippen molar-refractivity contribution >= 4 is 37.8 Å². The fraction of sp³-hybridized carbons (Fsp3) is 0.0714. The van der Waals surface area contributed by atoms with Crippen molar-refractivity contribution in [2.24, 2.45) is 5.73 Å². The van der Waals surface area contributed by atoms with Crippen molar-refractivity contribution in [2.75, 3.05) is 0 Å². The molecule has 0 aliphatic heterocycles. The second-order valence-electron chi connectivity index (χ2n) is 4.02. The molecule has 0 aliphatic rings. The molecule has 2 aromatic rings. The Morgan fingerprint density at radius 3 is 2.53 bits per heavy atom. The van der Waals surface area contributed by atoms with Gasteiger partial charge in [0.05, 0.1) is 5.56 Å². The molecule has 0 bridgehead atoms. The van der Waals surface area contributed by atoms with Gasteiger partial charge in [0.1, 0.15) is 11.5 Å². The van der Waals surface area contributed by atoms with Crippen molar-refractivity contribution in [1.29, 1.82) is 0 Å². The van der Waals surface area contributed by atoms with E-state index in [0.29, 0.717) is 15.8 Å². The highest BCUT2D eigenvalue weighted by Gasteiger charge is 2.08. The average molecular weight is 385 g/mol. The molecule has 0 fully saturated rings. The van der Waals surface area contributed by atoms with Crippen molar-refractivity contribution in [3.05, 3.63) is 56.5 Å². The lowest BCUT2D eigenvalue weighted by Crippen LogP contribution is -2.11. The zero-order valence-electron chi connectivity index (χ0n) is 10.1. The molecule has 0 heterocycles. The summed E-state index contributed by atoms with van der Waals surface area (Å²) in [5.41, 5.74) is 6.70. The molecule has 0 saturated carbocycles. The van der Waals surface area contributed by atoms with Crippen LogP contribution in [-0.4, -0.2) is 5.91 Å². The highest BCUT2D eigenvalue weighted by Crippen LogP contribution is 2.30. The lowest BCUT2D eigenvalue weighted by molar-refractivity contribution is 0.0999. The van der Waals surface area contributed by atoms with Crippen molar-refractivity contribution in [3.63, 3.8) is 0 Å². The van der Waals surface area contributed by atoms with Crippen molar-refractivity contribution in [3.8, 4) is 11.5 Å². The lowest BCUT2D eigenvalue weighted by atomic mass is 10.2. The second-order valence-corrected chi connectivity index (χ2v) is 5.79. The zero-order valence-corrected chi connectivity index (χ0v) is 13.3. The number of amides is 1. The molecule has 0 aliphatic carbocycles. The third-order valence-electron chi connectivity index (χ3n) is 2.58. The summed E-state index contributed by atoms with van der Waals surface area (Å²) in [5, 5.41) is 0. The summed E-state index contributed by atoms with van der Waals surface area (Å²) in [5.74, 6) is 0.920. The SMILES string of the molecule is Cc1ccc(Br)cc1Oc1ccc(C(N)=O)c(Br)c1. The molecule has 0 radical (unpaired) electrons. The second kappa shape index (κ2) is 5.75. The van der Waals surface area contributed by atoms with Gasteiger partial charge in [0.15, 0.2) is 0 Å². The number of aryl methyl sites for hydroxylation is 1. The number of nitrogens with two attached hydrogens (primary N) is 1. The first-order valence-corrected chi connectivity index (χ1v) is 7.09. The quantitative estimate of drug-likeness (QED) is 0.851. The summed E-state index contributed by atoms with van der Waals surface area (Å²) in [4.78, 5) is 11.1. The monoisotopic (exact) mass is 383 g/mol. The van der Waals surface area contributed by atoms with Crippen LogP contribution in [-0.2, 0) is 0 Å². The van der Waals surface area contributed by atoms with E-state index in [1.807, 2.05) is 25.1 Å². The Morgan fingerprint density at radius 1 is 1.16 bits per heavy atom. The van der Waals surface area contributed by atoms with Gasteiger partial charge in [-0.15, -0.1) is 0 Å². The van der Waals surface area contributed by atoms with E-state index >= 15 is 0 Å². The molecular formula is C14H11Br2NO2. The predicted octanol–water partition coefficient (Wildman–Crippen LogP) is 4.41. The zero-order chi connectivity index (χ0) is 14.0. The highest BCUT2D eigenvalue weighted by atomic mass is 79.9. The number of hydrogen-bond acceptors (Lipinski definition) is 2. The first kappa shape index (κ1) is 14.1. The molecule has 0 aromatic heterocycles. The summed E-state index contributed by atoms with van der Waals surface area (Å²) in [7, 11) is 0. The van der Waals surface area contributed by atoms with Crippen LogP contribution in [0.15, 0.2) is 45.3 Å². The Hall–Kier alpha value is -1.33. The first-order chi connectivity index (χ1) is 8.97. The summed E-state index contributed by atoms with van der Waals surface area (Å²) in [6.07, 6.45) is 0. The number of hydrogen-bond donors (Lipinski definition) is 1. The molecule has 0 atom stereocenters. The molecule has 2 N–H and O–H groups in total. The van der Waals surface area contributed by atoms with E-state index in [9.17, 15) is 4.79 Å². The number of carbonyl (C=O) groups excluding carboxylic acids is 1. The van der Waals surface area contributed by atoms with E-state index in [1.54, 1.807) is 18.2 Å². The predicted molar refractivity (Wildman–Crippen MR) is 81.6 cm³/mol. The topological polar surface area (TPSA) is 52.3 Å². The Balaban J connectivity index is 2.31. The largest absolute Gasteiger partial charge is 0.457 e. The molecule has 2 aromatic carbocycles. The number of rotatable bonds is 3. The average Bonchev–Trinajstić information content (AvgIpc) is 2.33. The Labute approximate surface area is 128 Å². The molecule has 98 valence electrons. The molecule has 19 heavy (non-hydrogen) atoms. The smallest absolute Gasteiger partial charge is 0.249 e. The molecule has 1 amide bonds. The summed E-state index contributed by atoms with van der Waals surface area (Å²) in [6, 6.07) is 10.9. The molecule has 5 heteroatoms. The van der Waals surface area contributed by atoms with Crippen LogP contribution in [0.3, 0.4) is 0 Å². The van der Waals surface area contributed by atoms with E-state index in [2.05, 4.69) is 31.9 Å². The van der Waals surface area contributed by atoms with E-state index in [-0.39, 0.29) is 0 Å². The maximum absolute atomic E-state index is 11.1. The van der Waals surface area contributed by atoms with Gasteiger partial charge in [-0.3, -0.25) is 4.79 Å². The van der Waals surface area contributed by atoms with Crippen LogP contribution in [0.25, 0.3) is 0 Å². The van der Waals surface area contributed by atoms with Crippen LogP contribution in [0.5, 0.6) is 11.5 Å². The van der Waals surface area contributed by atoms with Crippen LogP contribution < -0.4 is 10.5 Å². The third kappa shape index (κ3) is 3.36. The normalized spacial score (nSPS) is 10.3. The molecule has 2 rings (SSSR count). The minimum atomic E-state index is -0.475. The van der Waals surface area contributed by atoms with Crippen LogP contribution in [0, 0.1) is 6.92 Å². The number of primary amides is 1. The fourth-order valence-corrected chi connectivity index (χ4v) is 2.46. The van der Waals surface area contributed by atoms with Gasteiger partial charge in [-0.2, -0.15) is 0 Å². The molecule has 0 saturated heterocycles. The van der Waals surface area contributed by atoms with Gasteiger partial charge >= 0.3 is 0 Å². The third-order valence-corrected chi connectivity index (χ3v) is 3.73. The Morgan fingerprint density at radius 2 is 1.89 bits per heavy atom. The minimum absolute atomic E-state index is 0.429. The van der Waals surface area contributed by atoms with Gasteiger partial charge in [-0.25, -0.2) is 0 Å². The molecule has 0 unspecified atom stereocenters. The summed E-state index contributed by atoms with van der Waals surface area (Å²) < 4.78 is 7.35. The van der Waals surface area contributed by atoms with Crippen LogP contribution in [0.4, 0.5) is 0 Å². The van der Waals surface area contributed by atoms with E-state index in [1.165, 1.54) is 0 Å². The summed E-state index contributed by atoms with van der Waals surface area (Å²) in [6.45, 7) is 1.97. The van der Waals surface area contributed by atoms with Gasteiger partial charge in [-0.1, -0.05) is 22.0 Å². The van der Waals surface area contributed by atoms with E-state index < -0.39 is 5.91 Å².